The zero-order valence-electron chi connectivity index (χ0n) is 15.3. The molecule has 150 valence electrons. The Kier molecular flexibility index (Phi) is 6.40. The maximum atomic E-state index is 13.3. The summed E-state index contributed by atoms with van der Waals surface area (Å²) in [6.45, 7) is 1.96. The number of piperidine rings is 1. The molecule has 1 aliphatic heterocycles. The van der Waals surface area contributed by atoms with Crippen LogP contribution >= 0.6 is 0 Å². The molecule has 1 heterocycles. The lowest BCUT2D eigenvalue weighted by Gasteiger charge is -2.35. The summed E-state index contributed by atoms with van der Waals surface area (Å²) >= 11 is 0. The fraction of sp³-hybridized carbons (Fsp3) is 0.650. The Morgan fingerprint density at radius 2 is 2.00 bits per heavy atom. The van der Waals surface area contributed by atoms with Crippen LogP contribution in [-0.4, -0.2) is 36.1 Å². The average molecular weight is 386 g/mol. The number of rotatable bonds is 4. The lowest BCUT2D eigenvalue weighted by Crippen LogP contribution is -2.47. The maximum Gasteiger partial charge on any atom is 0.391 e. The van der Waals surface area contributed by atoms with E-state index >= 15 is 0 Å². The Bertz CT molecular complexity index is 649. The lowest BCUT2D eigenvalue weighted by atomic mass is 9.84. The highest BCUT2D eigenvalue weighted by molar-refractivity contribution is 5.79. The maximum absolute atomic E-state index is 13.3. The number of likely N-dealkylation sites (tertiary alicyclic amines) is 1. The van der Waals surface area contributed by atoms with Crippen molar-refractivity contribution in [3.63, 3.8) is 0 Å². The summed E-state index contributed by atoms with van der Waals surface area (Å²) in [5, 5.41) is 2.86. The molecule has 3 nitrogen and oxygen atoms in total. The van der Waals surface area contributed by atoms with E-state index in [4.69, 9.17) is 0 Å². The van der Waals surface area contributed by atoms with Gasteiger partial charge in [-0.1, -0.05) is 18.6 Å². The largest absolute Gasteiger partial charge is 0.391 e. The highest BCUT2D eigenvalue weighted by Gasteiger charge is 2.42. The fourth-order valence-electron chi connectivity index (χ4n) is 4.24. The summed E-state index contributed by atoms with van der Waals surface area (Å²) < 4.78 is 52.2. The van der Waals surface area contributed by atoms with Gasteiger partial charge in [0.15, 0.2) is 0 Å². The van der Waals surface area contributed by atoms with Crippen LogP contribution in [0.25, 0.3) is 0 Å². The highest BCUT2D eigenvalue weighted by atomic mass is 19.4. The van der Waals surface area contributed by atoms with Crippen LogP contribution in [0.2, 0.25) is 0 Å². The van der Waals surface area contributed by atoms with Crippen LogP contribution < -0.4 is 5.32 Å². The second-order valence-corrected chi connectivity index (χ2v) is 7.81. The van der Waals surface area contributed by atoms with Crippen molar-refractivity contribution in [2.75, 3.05) is 13.1 Å². The fourth-order valence-corrected chi connectivity index (χ4v) is 4.24. The highest BCUT2D eigenvalue weighted by Crippen LogP contribution is 2.37. The van der Waals surface area contributed by atoms with Crippen LogP contribution in [0.5, 0.6) is 0 Å². The van der Waals surface area contributed by atoms with E-state index in [0.29, 0.717) is 25.9 Å². The number of hydrogen-bond acceptors (Lipinski definition) is 2. The molecule has 0 bridgehead atoms. The number of nitrogens with zero attached hydrogens (tertiary/aromatic N) is 1. The molecule has 7 heteroatoms. The summed E-state index contributed by atoms with van der Waals surface area (Å²) in [7, 11) is 0. The molecule has 1 aromatic rings. The lowest BCUT2D eigenvalue weighted by molar-refractivity contribution is -0.184. The molecule has 1 N–H and O–H groups in total. The van der Waals surface area contributed by atoms with Crippen molar-refractivity contribution >= 4 is 5.91 Å². The molecule has 1 saturated heterocycles. The Labute approximate surface area is 157 Å². The molecule has 0 radical (unpaired) electrons. The van der Waals surface area contributed by atoms with E-state index in [9.17, 15) is 22.4 Å². The first-order valence-corrected chi connectivity index (χ1v) is 9.65. The smallest absolute Gasteiger partial charge is 0.353 e. The standard InChI is InChI=1S/C20H26F4N2O/c21-17-7-1-4-14(10-17)12-26-9-3-5-15(13-26)19(27)25-18-8-2-6-16(11-18)20(22,23)24/h1,4,7,10,15-16,18H,2-3,5-6,8-9,11-13H2,(H,25,27). The molecule has 3 unspecified atom stereocenters. The zero-order chi connectivity index (χ0) is 19.4. The van der Waals surface area contributed by atoms with Gasteiger partial charge in [-0.25, -0.2) is 4.39 Å². The first-order valence-electron chi connectivity index (χ1n) is 9.65. The summed E-state index contributed by atoms with van der Waals surface area (Å²) in [6, 6.07) is 6.01. The first-order chi connectivity index (χ1) is 12.8. The van der Waals surface area contributed by atoms with E-state index in [0.717, 1.165) is 24.9 Å². The van der Waals surface area contributed by atoms with Gasteiger partial charge in [0.25, 0.3) is 0 Å². The second kappa shape index (κ2) is 8.59. The Morgan fingerprint density at radius 3 is 2.74 bits per heavy atom. The van der Waals surface area contributed by atoms with Crippen LogP contribution in [0.3, 0.4) is 0 Å². The predicted molar refractivity (Wildman–Crippen MR) is 94.3 cm³/mol. The topological polar surface area (TPSA) is 32.3 Å². The van der Waals surface area contributed by atoms with Gasteiger partial charge in [-0.3, -0.25) is 9.69 Å². The number of halogens is 4. The quantitative estimate of drug-likeness (QED) is 0.784. The molecule has 3 rings (SSSR count). The molecule has 1 saturated carbocycles. The summed E-state index contributed by atoms with van der Waals surface area (Å²) in [5.74, 6) is -1.96. The second-order valence-electron chi connectivity index (χ2n) is 7.81. The third-order valence-corrected chi connectivity index (χ3v) is 5.66. The van der Waals surface area contributed by atoms with Gasteiger partial charge in [0.2, 0.25) is 5.91 Å². The summed E-state index contributed by atoms with van der Waals surface area (Å²) in [6.07, 6.45) is -1.36. The van der Waals surface area contributed by atoms with E-state index in [-0.39, 0.29) is 30.5 Å². The summed E-state index contributed by atoms with van der Waals surface area (Å²) in [5.41, 5.74) is 0.858. The minimum Gasteiger partial charge on any atom is -0.353 e. The zero-order valence-corrected chi connectivity index (χ0v) is 15.3. The molecule has 0 spiro atoms. The van der Waals surface area contributed by atoms with E-state index in [1.165, 1.54) is 12.1 Å². The van der Waals surface area contributed by atoms with Gasteiger partial charge in [0.1, 0.15) is 5.82 Å². The number of carbonyl (C=O) groups is 1. The third kappa shape index (κ3) is 5.67. The average Bonchev–Trinajstić information content (AvgIpc) is 2.61. The molecule has 2 aliphatic rings. The van der Waals surface area contributed by atoms with Gasteiger partial charge < -0.3 is 5.32 Å². The predicted octanol–water partition coefficient (Wildman–Crippen LogP) is 4.28. The molecule has 1 aliphatic carbocycles. The van der Waals surface area contributed by atoms with Crippen LogP contribution in [-0.2, 0) is 11.3 Å². The number of amides is 1. The molecular formula is C20H26F4N2O. The van der Waals surface area contributed by atoms with Crippen molar-refractivity contribution in [1.29, 1.82) is 0 Å². The molecule has 3 atom stereocenters. The van der Waals surface area contributed by atoms with Gasteiger partial charge in [0, 0.05) is 19.1 Å². The number of carbonyl (C=O) groups excluding carboxylic acids is 1. The monoisotopic (exact) mass is 386 g/mol. The van der Waals surface area contributed by atoms with Crippen LogP contribution in [0.1, 0.15) is 44.1 Å². The van der Waals surface area contributed by atoms with Crippen molar-refractivity contribution < 1.29 is 22.4 Å². The number of hydrogen-bond donors (Lipinski definition) is 1. The van der Waals surface area contributed by atoms with E-state index < -0.39 is 18.1 Å². The minimum atomic E-state index is -4.18. The third-order valence-electron chi connectivity index (χ3n) is 5.66. The van der Waals surface area contributed by atoms with Crippen molar-refractivity contribution in [3.8, 4) is 0 Å². The number of nitrogens with one attached hydrogen (secondary N) is 1. The van der Waals surface area contributed by atoms with E-state index in [1.54, 1.807) is 6.07 Å². The Hall–Kier alpha value is -1.63. The van der Waals surface area contributed by atoms with Crippen molar-refractivity contribution in [1.82, 2.24) is 10.2 Å². The van der Waals surface area contributed by atoms with Gasteiger partial charge in [-0.15, -0.1) is 0 Å². The molecule has 1 amide bonds. The minimum absolute atomic E-state index is 0.0189. The van der Waals surface area contributed by atoms with Crippen LogP contribution in [0.15, 0.2) is 24.3 Å². The van der Waals surface area contributed by atoms with E-state index in [1.807, 2.05) is 6.07 Å². The van der Waals surface area contributed by atoms with Crippen LogP contribution in [0.4, 0.5) is 17.6 Å². The van der Waals surface area contributed by atoms with Crippen molar-refractivity contribution in [2.45, 2.75) is 57.3 Å². The molecule has 0 aromatic heterocycles. The van der Waals surface area contributed by atoms with Gasteiger partial charge in [-0.2, -0.15) is 13.2 Å². The van der Waals surface area contributed by atoms with Crippen LogP contribution in [0, 0.1) is 17.7 Å². The molecule has 1 aromatic carbocycles. The van der Waals surface area contributed by atoms with Gasteiger partial charge >= 0.3 is 6.18 Å². The number of benzene rings is 1. The van der Waals surface area contributed by atoms with Gasteiger partial charge in [0.05, 0.1) is 11.8 Å². The van der Waals surface area contributed by atoms with Crippen molar-refractivity contribution in [2.24, 2.45) is 11.8 Å². The first kappa shape index (κ1) is 20.1. The molecule has 27 heavy (non-hydrogen) atoms. The van der Waals surface area contributed by atoms with Gasteiger partial charge in [-0.05, 0) is 56.3 Å². The normalized spacial score (nSPS) is 27.3. The van der Waals surface area contributed by atoms with E-state index in [2.05, 4.69) is 10.2 Å². The molecule has 2 fully saturated rings. The Morgan fingerprint density at radius 1 is 1.19 bits per heavy atom. The molecular weight excluding hydrogens is 360 g/mol. The Balaban J connectivity index is 1.52. The number of alkyl halides is 3. The SMILES string of the molecule is O=C(NC1CCCC(C(F)(F)F)C1)C1CCCN(Cc2cccc(F)c2)C1. The van der Waals surface area contributed by atoms with Crippen molar-refractivity contribution in [3.05, 3.63) is 35.6 Å². The summed E-state index contributed by atoms with van der Waals surface area (Å²) in [4.78, 5) is 14.7.